The minimum absolute atomic E-state index is 0.169. The lowest BCUT2D eigenvalue weighted by molar-refractivity contribution is -0.121. The summed E-state index contributed by atoms with van der Waals surface area (Å²) in [6.45, 7) is 11.7. The molecule has 0 heterocycles. The second kappa shape index (κ2) is 23.3. The Bertz CT molecular complexity index is 106. The van der Waals surface area contributed by atoms with Gasteiger partial charge in [0.05, 0.1) is 0 Å². The Morgan fingerprint density at radius 1 is 1.07 bits per heavy atom. The molecular weight excluding hydrogens is 188 g/mol. The summed E-state index contributed by atoms with van der Waals surface area (Å²) in [6.07, 6.45) is 2.74. The fraction of sp³-hybridized carbons (Fsp3) is 0.917. The van der Waals surface area contributed by atoms with Crippen LogP contribution in [-0.4, -0.2) is 26.0 Å². The summed E-state index contributed by atoms with van der Waals surface area (Å²) < 4.78 is 0. The molecule has 0 saturated heterocycles. The van der Waals surface area contributed by atoms with Gasteiger partial charge in [-0.05, 0) is 13.5 Å². The van der Waals surface area contributed by atoms with Crippen molar-refractivity contribution in [1.29, 1.82) is 0 Å². The monoisotopic (exact) mass is 218 g/mol. The highest BCUT2D eigenvalue weighted by molar-refractivity contribution is 5.75. The second-order valence-electron chi connectivity index (χ2n) is 2.56. The van der Waals surface area contributed by atoms with Crippen molar-refractivity contribution < 1.29 is 4.79 Å². The van der Waals surface area contributed by atoms with E-state index in [9.17, 15) is 4.79 Å². The molecule has 0 aromatic heterocycles. The van der Waals surface area contributed by atoms with E-state index in [1.165, 1.54) is 0 Å². The van der Waals surface area contributed by atoms with Crippen LogP contribution >= 0.6 is 0 Å². The minimum atomic E-state index is 0.169. The number of likely N-dealkylation sites (N-methyl/N-ethyl adjacent to an activating group) is 1. The van der Waals surface area contributed by atoms with Crippen LogP contribution in [0.25, 0.3) is 0 Å². The van der Waals surface area contributed by atoms with Crippen molar-refractivity contribution in [1.82, 2.24) is 10.6 Å². The van der Waals surface area contributed by atoms with E-state index in [-0.39, 0.29) is 5.91 Å². The maximum absolute atomic E-state index is 10.9. The molecular formula is C12H30N2O. The molecule has 1 amide bonds. The first kappa shape index (κ1) is 19.9. The van der Waals surface area contributed by atoms with Crippen LogP contribution in [0.3, 0.4) is 0 Å². The lowest BCUT2D eigenvalue weighted by atomic mass is 10.2. The zero-order valence-corrected chi connectivity index (χ0v) is 11.4. The summed E-state index contributed by atoms with van der Waals surface area (Å²) in [5.74, 6) is 0.169. The first-order valence-electron chi connectivity index (χ1n) is 6.22. The Kier molecular flexibility index (Phi) is 31.0. The zero-order chi connectivity index (χ0) is 12.5. The number of carbonyl (C=O) groups is 1. The average Bonchev–Trinajstić information content (AvgIpc) is 2.32. The molecule has 0 atom stereocenters. The minimum Gasteiger partial charge on any atom is -0.355 e. The molecule has 0 spiro atoms. The van der Waals surface area contributed by atoms with E-state index in [0.717, 1.165) is 25.9 Å². The molecule has 0 aliphatic carbocycles. The van der Waals surface area contributed by atoms with E-state index in [1.54, 1.807) is 0 Å². The normalized spacial score (nSPS) is 7.87. The smallest absolute Gasteiger partial charge is 0.220 e. The van der Waals surface area contributed by atoms with E-state index in [4.69, 9.17) is 0 Å². The summed E-state index contributed by atoms with van der Waals surface area (Å²) in [5.41, 5.74) is 0. The first-order chi connectivity index (χ1) is 7.31. The molecule has 0 radical (unpaired) electrons. The van der Waals surface area contributed by atoms with Gasteiger partial charge in [0.15, 0.2) is 0 Å². The van der Waals surface area contributed by atoms with Crippen molar-refractivity contribution in [3.8, 4) is 0 Å². The van der Waals surface area contributed by atoms with Crippen molar-refractivity contribution in [2.24, 2.45) is 0 Å². The van der Waals surface area contributed by atoms with Gasteiger partial charge in [-0.3, -0.25) is 4.79 Å². The van der Waals surface area contributed by atoms with E-state index in [0.29, 0.717) is 6.42 Å². The molecule has 15 heavy (non-hydrogen) atoms. The molecule has 0 aromatic rings. The molecule has 3 heteroatoms. The summed E-state index contributed by atoms with van der Waals surface area (Å²) in [5, 5.41) is 5.78. The molecule has 2 N–H and O–H groups in total. The lowest BCUT2D eigenvalue weighted by Crippen LogP contribution is -2.30. The van der Waals surface area contributed by atoms with Crippen molar-refractivity contribution in [2.75, 3.05) is 20.1 Å². The maximum Gasteiger partial charge on any atom is 0.220 e. The van der Waals surface area contributed by atoms with Gasteiger partial charge in [-0.15, -0.1) is 0 Å². The van der Waals surface area contributed by atoms with Gasteiger partial charge in [-0.25, -0.2) is 0 Å². The molecule has 0 rings (SSSR count). The highest BCUT2D eigenvalue weighted by Gasteiger charge is 1.96. The Labute approximate surface area is 96.0 Å². The van der Waals surface area contributed by atoms with Crippen LogP contribution in [0.1, 0.15) is 53.9 Å². The van der Waals surface area contributed by atoms with Gasteiger partial charge in [0.25, 0.3) is 0 Å². The maximum atomic E-state index is 10.9. The van der Waals surface area contributed by atoms with Crippen LogP contribution in [0, 0.1) is 0 Å². The van der Waals surface area contributed by atoms with Crippen LogP contribution in [0.5, 0.6) is 0 Å². The standard InChI is InChI=1S/C8H18N2O.2C2H6/c1-3-4-5-8(11)10-7-6-9-2;2*1-2/h9H,3-7H2,1-2H3,(H,10,11);2*1-2H3. The Morgan fingerprint density at radius 3 is 2.00 bits per heavy atom. The highest BCUT2D eigenvalue weighted by Crippen LogP contribution is 1.92. The Morgan fingerprint density at radius 2 is 1.60 bits per heavy atom. The summed E-state index contributed by atoms with van der Waals surface area (Å²) >= 11 is 0. The molecule has 0 unspecified atom stereocenters. The molecule has 0 aliphatic rings. The average molecular weight is 218 g/mol. The van der Waals surface area contributed by atoms with Crippen molar-refractivity contribution in [3.63, 3.8) is 0 Å². The number of amides is 1. The third kappa shape index (κ3) is 24.7. The predicted molar refractivity (Wildman–Crippen MR) is 69.2 cm³/mol. The molecule has 0 aromatic carbocycles. The van der Waals surface area contributed by atoms with Gasteiger partial charge in [-0.2, -0.15) is 0 Å². The fourth-order valence-electron chi connectivity index (χ4n) is 0.753. The van der Waals surface area contributed by atoms with E-state index in [1.807, 2.05) is 34.7 Å². The number of rotatable bonds is 6. The van der Waals surface area contributed by atoms with E-state index >= 15 is 0 Å². The Balaban J connectivity index is -0.000000318. The molecule has 3 nitrogen and oxygen atoms in total. The van der Waals surface area contributed by atoms with E-state index < -0.39 is 0 Å². The van der Waals surface area contributed by atoms with Gasteiger partial charge in [0.1, 0.15) is 0 Å². The quantitative estimate of drug-likeness (QED) is 0.673. The largest absolute Gasteiger partial charge is 0.355 e. The van der Waals surface area contributed by atoms with Crippen LogP contribution in [-0.2, 0) is 4.79 Å². The Hall–Kier alpha value is -0.570. The van der Waals surface area contributed by atoms with Gasteiger partial charge >= 0.3 is 0 Å². The zero-order valence-electron chi connectivity index (χ0n) is 11.4. The number of nitrogens with one attached hydrogen (secondary N) is 2. The van der Waals surface area contributed by atoms with Gasteiger partial charge < -0.3 is 10.6 Å². The van der Waals surface area contributed by atoms with Crippen LogP contribution in [0.2, 0.25) is 0 Å². The SMILES string of the molecule is CC.CC.CCCCC(=O)NCCNC. The number of hydrogen-bond donors (Lipinski definition) is 2. The summed E-state index contributed by atoms with van der Waals surface area (Å²) in [6, 6.07) is 0. The van der Waals surface area contributed by atoms with Crippen LogP contribution < -0.4 is 10.6 Å². The summed E-state index contributed by atoms with van der Waals surface area (Å²) in [4.78, 5) is 10.9. The van der Waals surface area contributed by atoms with Crippen molar-refractivity contribution in [3.05, 3.63) is 0 Å². The van der Waals surface area contributed by atoms with Gasteiger partial charge in [-0.1, -0.05) is 41.0 Å². The third-order valence-corrected chi connectivity index (χ3v) is 1.45. The third-order valence-electron chi connectivity index (χ3n) is 1.45. The van der Waals surface area contributed by atoms with Gasteiger partial charge in [0, 0.05) is 19.5 Å². The topological polar surface area (TPSA) is 41.1 Å². The van der Waals surface area contributed by atoms with Crippen molar-refractivity contribution in [2.45, 2.75) is 53.9 Å². The number of carbonyl (C=O) groups excluding carboxylic acids is 1. The summed E-state index contributed by atoms with van der Waals surface area (Å²) in [7, 11) is 1.87. The lowest BCUT2D eigenvalue weighted by Gasteiger charge is -2.02. The molecule has 0 saturated carbocycles. The highest BCUT2D eigenvalue weighted by atomic mass is 16.1. The van der Waals surface area contributed by atoms with Crippen LogP contribution in [0.15, 0.2) is 0 Å². The molecule has 0 fully saturated rings. The first-order valence-corrected chi connectivity index (χ1v) is 6.22. The van der Waals surface area contributed by atoms with Crippen molar-refractivity contribution >= 4 is 5.91 Å². The molecule has 0 aliphatic heterocycles. The van der Waals surface area contributed by atoms with Crippen LogP contribution in [0.4, 0.5) is 0 Å². The van der Waals surface area contributed by atoms with E-state index in [2.05, 4.69) is 17.6 Å². The number of unbranched alkanes of at least 4 members (excludes halogenated alkanes) is 1. The molecule has 94 valence electrons. The molecule has 0 bridgehead atoms. The fourth-order valence-corrected chi connectivity index (χ4v) is 0.753. The second-order valence-corrected chi connectivity index (χ2v) is 2.56. The van der Waals surface area contributed by atoms with Gasteiger partial charge in [0.2, 0.25) is 5.91 Å². The number of hydrogen-bond acceptors (Lipinski definition) is 2. The predicted octanol–water partition coefficient (Wildman–Crippen LogP) is 2.56.